The number of ether oxygens (including phenoxy) is 1. The molecule has 1 aromatic heterocycles. The highest BCUT2D eigenvalue weighted by Gasteiger charge is 2.15. The van der Waals surface area contributed by atoms with E-state index in [1.54, 1.807) is 16.7 Å². The van der Waals surface area contributed by atoms with Gasteiger partial charge in [-0.1, -0.05) is 42.0 Å². The Bertz CT molecular complexity index is 1150. The van der Waals surface area contributed by atoms with Crippen molar-refractivity contribution in [3.05, 3.63) is 90.0 Å². The quantitative estimate of drug-likeness (QED) is 0.520. The molecule has 1 heterocycles. The number of imidazole rings is 1. The first kappa shape index (κ1) is 18.7. The summed E-state index contributed by atoms with van der Waals surface area (Å²) in [4.78, 5) is 17.2. The number of halogens is 1. The van der Waals surface area contributed by atoms with Crippen molar-refractivity contribution in [2.75, 3.05) is 5.32 Å². The van der Waals surface area contributed by atoms with Gasteiger partial charge in [-0.3, -0.25) is 4.79 Å². The van der Waals surface area contributed by atoms with Gasteiger partial charge in [0, 0.05) is 0 Å². The van der Waals surface area contributed by atoms with Crippen LogP contribution in [-0.4, -0.2) is 15.5 Å². The summed E-state index contributed by atoms with van der Waals surface area (Å²) in [6, 6.07) is 21.4. The van der Waals surface area contributed by atoms with Crippen LogP contribution < -0.4 is 10.1 Å². The summed E-state index contributed by atoms with van der Waals surface area (Å²) in [5.41, 5.74) is 2.89. The van der Waals surface area contributed by atoms with Gasteiger partial charge in [-0.25, -0.2) is 9.37 Å². The van der Waals surface area contributed by atoms with Crippen molar-refractivity contribution in [3.8, 4) is 5.75 Å². The molecule has 0 radical (unpaired) electrons. The zero-order chi connectivity index (χ0) is 20.2. The topological polar surface area (TPSA) is 56.2 Å². The number of benzene rings is 3. The zero-order valence-electron chi connectivity index (χ0n) is 15.9. The number of anilines is 1. The van der Waals surface area contributed by atoms with E-state index in [2.05, 4.69) is 10.3 Å². The molecule has 0 spiro atoms. The summed E-state index contributed by atoms with van der Waals surface area (Å²) in [5, 5.41) is 2.62. The van der Waals surface area contributed by atoms with Gasteiger partial charge >= 0.3 is 0 Å². The molecule has 0 saturated carbocycles. The Kier molecular flexibility index (Phi) is 5.24. The van der Waals surface area contributed by atoms with Crippen molar-refractivity contribution >= 4 is 22.6 Å². The number of carbonyl (C=O) groups excluding carboxylic acids is 1. The maximum atomic E-state index is 13.8. The molecule has 6 heteroatoms. The first-order chi connectivity index (χ1) is 14.1. The van der Waals surface area contributed by atoms with Gasteiger partial charge in [-0.05, 0) is 43.3 Å². The van der Waals surface area contributed by atoms with Crippen LogP contribution in [0.2, 0.25) is 0 Å². The highest BCUT2D eigenvalue weighted by Crippen LogP contribution is 2.19. The van der Waals surface area contributed by atoms with E-state index < -0.39 is 5.82 Å². The van der Waals surface area contributed by atoms with Crippen molar-refractivity contribution in [2.45, 2.75) is 20.1 Å². The van der Waals surface area contributed by atoms with E-state index in [0.717, 1.165) is 22.3 Å². The van der Waals surface area contributed by atoms with Gasteiger partial charge in [0.2, 0.25) is 5.91 Å². The van der Waals surface area contributed by atoms with Crippen molar-refractivity contribution in [1.29, 1.82) is 0 Å². The van der Waals surface area contributed by atoms with Crippen LogP contribution in [0.4, 0.5) is 10.1 Å². The van der Waals surface area contributed by atoms with Crippen molar-refractivity contribution in [3.63, 3.8) is 0 Å². The molecule has 0 unspecified atom stereocenters. The number of fused-ring (bicyclic) bond motifs is 1. The zero-order valence-corrected chi connectivity index (χ0v) is 15.9. The molecule has 0 bridgehead atoms. The average Bonchev–Trinajstić information content (AvgIpc) is 3.07. The second kappa shape index (κ2) is 8.14. The van der Waals surface area contributed by atoms with E-state index in [4.69, 9.17) is 4.74 Å². The third-order valence-electron chi connectivity index (χ3n) is 4.57. The molecular weight excluding hydrogens is 369 g/mol. The summed E-state index contributed by atoms with van der Waals surface area (Å²) >= 11 is 0. The van der Waals surface area contributed by atoms with E-state index in [9.17, 15) is 9.18 Å². The smallest absolute Gasteiger partial charge is 0.244 e. The number of nitrogens with one attached hydrogen (secondary N) is 1. The predicted octanol–water partition coefficient (Wildman–Crippen LogP) is 4.70. The molecule has 0 aliphatic carbocycles. The Morgan fingerprint density at radius 1 is 1.03 bits per heavy atom. The number of hydrogen-bond donors (Lipinski definition) is 1. The Hall–Kier alpha value is -3.67. The standard InChI is InChI=1S/C23H20FN3O2/c1-16-10-12-17(13-11-16)29-15-22-25-20-8-4-5-9-21(20)27(22)14-23(28)26-19-7-3-2-6-18(19)24/h2-13H,14-15H2,1H3,(H,26,28). The van der Waals surface area contributed by atoms with Crippen LogP contribution in [0.3, 0.4) is 0 Å². The number of para-hydroxylation sites is 3. The van der Waals surface area contributed by atoms with E-state index >= 15 is 0 Å². The first-order valence-electron chi connectivity index (χ1n) is 9.28. The van der Waals surface area contributed by atoms with Gasteiger partial charge in [0.05, 0.1) is 16.7 Å². The molecule has 1 amide bonds. The maximum absolute atomic E-state index is 13.8. The van der Waals surface area contributed by atoms with Crippen LogP contribution in [0.1, 0.15) is 11.4 Å². The van der Waals surface area contributed by atoms with Gasteiger partial charge in [-0.15, -0.1) is 0 Å². The summed E-state index contributed by atoms with van der Waals surface area (Å²) < 4.78 is 21.5. The molecular formula is C23H20FN3O2. The summed E-state index contributed by atoms with van der Waals surface area (Å²) in [5.74, 6) is 0.537. The molecule has 4 aromatic rings. The molecule has 146 valence electrons. The van der Waals surface area contributed by atoms with Gasteiger partial charge < -0.3 is 14.6 Å². The van der Waals surface area contributed by atoms with Crippen LogP contribution in [-0.2, 0) is 17.9 Å². The number of rotatable bonds is 6. The fraction of sp³-hybridized carbons (Fsp3) is 0.130. The Morgan fingerprint density at radius 3 is 2.55 bits per heavy atom. The van der Waals surface area contributed by atoms with E-state index in [1.165, 1.54) is 12.1 Å². The van der Waals surface area contributed by atoms with Crippen LogP contribution >= 0.6 is 0 Å². The number of aryl methyl sites for hydroxylation is 1. The largest absolute Gasteiger partial charge is 0.486 e. The highest BCUT2D eigenvalue weighted by atomic mass is 19.1. The monoisotopic (exact) mass is 389 g/mol. The maximum Gasteiger partial charge on any atom is 0.244 e. The first-order valence-corrected chi connectivity index (χ1v) is 9.28. The number of aromatic nitrogens is 2. The molecule has 4 rings (SSSR count). The fourth-order valence-corrected chi connectivity index (χ4v) is 3.09. The second-order valence-electron chi connectivity index (χ2n) is 6.73. The minimum Gasteiger partial charge on any atom is -0.486 e. The number of nitrogens with zero attached hydrogens (tertiary/aromatic N) is 2. The lowest BCUT2D eigenvalue weighted by Crippen LogP contribution is -2.21. The molecule has 0 atom stereocenters. The van der Waals surface area contributed by atoms with Crippen LogP contribution in [0.25, 0.3) is 11.0 Å². The fourth-order valence-electron chi connectivity index (χ4n) is 3.09. The van der Waals surface area contributed by atoms with Crippen LogP contribution in [0, 0.1) is 12.7 Å². The highest BCUT2D eigenvalue weighted by molar-refractivity contribution is 5.91. The second-order valence-corrected chi connectivity index (χ2v) is 6.73. The molecule has 0 aliphatic rings. The van der Waals surface area contributed by atoms with E-state index in [0.29, 0.717) is 5.82 Å². The molecule has 0 fully saturated rings. The molecule has 5 nitrogen and oxygen atoms in total. The van der Waals surface area contributed by atoms with Gasteiger partial charge in [0.25, 0.3) is 0 Å². The van der Waals surface area contributed by atoms with Crippen LogP contribution in [0.5, 0.6) is 5.75 Å². The molecule has 3 aromatic carbocycles. The number of hydrogen-bond acceptors (Lipinski definition) is 3. The third kappa shape index (κ3) is 4.27. The lowest BCUT2D eigenvalue weighted by molar-refractivity contribution is -0.116. The van der Waals surface area contributed by atoms with Gasteiger partial charge in [-0.2, -0.15) is 0 Å². The molecule has 29 heavy (non-hydrogen) atoms. The lowest BCUT2D eigenvalue weighted by Gasteiger charge is -2.11. The Morgan fingerprint density at radius 2 is 1.76 bits per heavy atom. The van der Waals surface area contributed by atoms with Crippen molar-refractivity contribution in [2.24, 2.45) is 0 Å². The average molecular weight is 389 g/mol. The van der Waals surface area contributed by atoms with E-state index in [-0.39, 0.29) is 24.7 Å². The Labute approximate surface area is 167 Å². The normalized spacial score (nSPS) is 10.8. The predicted molar refractivity (Wildman–Crippen MR) is 110 cm³/mol. The minimum atomic E-state index is -0.473. The SMILES string of the molecule is Cc1ccc(OCc2nc3ccccc3n2CC(=O)Nc2ccccc2F)cc1. The van der Waals surface area contributed by atoms with Crippen molar-refractivity contribution in [1.82, 2.24) is 9.55 Å². The summed E-state index contributed by atoms with van der Waals surface area (Å²) in [6.45, 7) is 2.23. The number of carbonyl (C=O) groups is 1. The molecule has 0 saturated heterocycles. The minimum absolute atomic E-state index is 0.00143. The lowest BCUT2D eigenvalue weighted by atomic mass is 10.2. The number of amides is 1. The molecule has 1 N–H and O–H groups in total. The van der Waals surface area contributed by atoms with Crippen molar-refractivity contribution < 1.29 is 13.9 Å². The summed E-state index contributed by atoms with van der Waals surface area (Å²) in [7, 11) is 0. The van der Waals surface area contributed by atoms with Gasteiger partial charge in [0.15, 0.2) is 0 Å². The Balaban J connectivity index is 1.57. The summed E-state index contributed by atoms with van der Waals surface area (Å²) in [6.07, 6.45) is 0. The molecule has 0 aliphatic heterocycles. The van der Waals surface area contributed by atoms with E-state index in [1.807, 2.05) is 55.5 Å². The van der Waals surface area contributed by atoms with Gasteiger partial charge in [0.1, 0.15) is 30.5 Å². The third-order valence-corrected chi connectivity index (χ3v) is 4.57. The van der Waals surface area contributed by atoms with Crippen LogP contribution in [0.15, 0.2) is 72.8 Å².